The summed E-state index contributed by atoms with van der Waals surface area (Å²) < 4.78 is 0. The van der Waals surface area contributed by atoms with Gasteiger partial charge in [-0.15, -0.1) is 0 Å². The van der Waals surface area contributed by atoms with Crippen molar-refractivity contribution in [3.8, 4) is 0 Å². The highest BCUT2D eigenvalue weighted by atomic mass is 35.5. The van der Waals surface area contributed by atoms with Gasteiger partial charge in [-0.25, -0.2) is 0 Å². The molecule has 0 saturated carbocycles. The zero-order chi connectivity index (χ0) is 14.5. The number of carbonyl (C=O) groups excluding carboxylic acids is 1. The fourth-order valence-electron chi connectivity index (χ4n) is 2.13. The minimum absolute atomic E-state index is 0.0595. The van der Waals surface area contributed by atoms with Crippen molar-refractivity contribution >= 4 is 35.2 Å². The molecule has 20 heavy (non-hydrogen) atoms. The molecule has 1 amide bonds. The topological polar surface area (TPSA) is 57.6 Å². The highest BCUT2D eigenvalue weighted by Crippen LogP contribution is 2.22. The summed E-state index contributed by atoms with van der Waals surface area (Å²) >= 11 is 7.76. The van der Waals surface area contributed by atoms with E-state index in [-0.39, 0.29) is 12.3 Å². The molecular formula is C14H16ClNO3S. The first-order valence-corrected chi connectivity index (χ1v) is 7.93. The third kappa shape index (κ3) is 3.90. The summed E-state index contributed by atoms with van der Waals surface area (Å²) in [6.07, 6.45) is 0.129. The fraction of sp³-hybridized carbons (Fsp3) is 0.429. The van der Waals surface area contributed by atoms with Crippen molar-refractivity contribution in [2.75, 3.05) is 18.8 Å². The number of carbonyl (C=O) groups is 2. The van der Waals surface area contributed by atoms with Gasteiger partial charge in [0.15, 0.2) is 0 Å². The van der Waals surface area contributed by atoms with E-state index in [1.165, 1.54) is 0 Å². The lowest BCUT2D eigenvalue weighted by atomic mass is 10.1. The van der Waals surface area contributed by atoms with E-state index in [4.69, 9.17) is 16.7 Å². The van der Waals surface area contributed by atoms with Crippen LogP contribution in [0.15, 0.2) is 24.3 Å². The summed E-state index contributed by atoms with van der Waals surface area (Å²) in [6.45, 7) is 0.929. The van der Waals surface area contributed by atoms with Gasteiger partial charge in [0.05, 0.1) is 5.92 Å². The smallest absolute Gasteiger partial charge is 0.308 e. The quantitative estimate of drug-likeness (QED) is 0.820. The summed E-state index contributed by atoms with van der Waals surface area (Å²) in [5, 5.41) is 9.65. The van der Waals surface area contributed by atoms with Crippen molar-refractivity contribution in [1.82, 2.24) is 4.90 Å². The summed E-state index contributed by atoms with van der Waals surface area (Å²) in [7, 11) is 0. The maximum Gasteiger partial charge on any atom is 0.308 e. The Labute approximate surface area is 127 Å². The second-order valence-electron chi connectivity index (χ2n) is 4.72. The number of hydrogen-bond acceptors (Lipinski definition) is 3. The van der Waals surface area contributed by atoms with Gasteiger partial charge in [0.2, 0.25) is 5.91 Å². The molecular weight excluding hydrogens is 298 g/mol. The zero-order valence-corrected chi connectivity index (χ0v) is 12.5. The van der Waals surface area contributed by atoms with Crippen LogP contribution in [0.1, 0.15) is 12.0 Å². The molecule has 1 aromatic carbocycles. The molecule has 1 N–H and O–H groups in total. The van der Waals surface area contributed by atoms with Crippen LogP contribution < -0.4 is 0 Å². The molecule has 1 atom stereocenters. The maximum absolute atomic E-state index is 11.6. The van der Waals surface area contributed by atoms with Gasteiger partial charge in [-0.1, -0.05) is 29.8 Å². The SMILES string of the molecule is O=C(O)[C@@H]1CC(=O)N(CCSCc2ccccc2Cl)C1. The first-order chi connectivity index (χ1) is 9.58. The predicted molar refractivity (Wildman–Crippen MR) is 79.9 cm³/mol. The predicted octanol–water partition coefficient (Wildman–Crippen LogP) is 2.51. The average molecular weight is 314 g/mol. The lowest BCUT2D eigenvalue weighted by molar-refractivity contribution is -0.141. The molecule has 6 heteroatoms. The Bertz CT molecular complexity index is 509. The third-order valence-electron chi connectivity index (χ3n) is 3.28. The van der Waals surface area contributed by atoms with Crippen molar-refractivity contribution in [2.24, 2.45) is 5.92 Å². The summed E-state index contributed by atoms with van der Waals surface area (Å²) in [4.78, 5) is 24.1. The monoisotopic (exact) mass is 313 g/mol. The Morgan fingerprint density at radius 3 is 2.85 bits per heavy atom. The van der Waals surface area contributed by atoms with Crippen LogP contribution in [0.25, 0.3) is 0 Å². The van der Waals surface area contributed by atoms with Crippen LogP contribution in [-0.2, 0) is 15.3 Å². The number of aliphatic carboxylic acids is 1. The van der Waals surface area contributed by atoms with E-state index >= 15 is 0 Å². The molecule has 0 bridgehead atoms. The number of carboxylic acids is 1. The standard InChI is InChI=1S/C14H16ClNO3S/c15-12-4-2-1-3-10(12)9-20-6-5-16-8-11(14(18)19)7-13(16)17/h1-4,11H,5-9H2,(H,18,19)/t11-/m1/s1. The van der Waals surface area contributed by atoms with E-state index in [1.54, 1.807) is 16.7 Å². The van der Waals surface area contributed by atoms with Crippen LogP contribution in [0.5, 0.6) is 0 Å². The van der Waals surface area contributed by atoms with E-state index < -0.39 is 11.9 Å². The summed E-state index contributed by atoms with van der Waals surface area (Å²) in [5.41, 5.74) is 1.08. The third-order valence-corrected chi connectivity index (χ3v) is 4.64. The first-order valence-electron chi connectivity index (χ1n) is 6.39. The van der Waals surface area contributed by atoms with Gasteiger partial charge in [0, 0.05) is 36.0 Å². The van der Waals surface area contributed by atoms with E-state index in [1.807, 2.05) is 24.3 Å². The fourth-order valence-corrected chi connectivity index (χ4v) is 3.37. The summed E-state index contributed by atoms with van der Waals surface area (Å²) in [6, 6.07) is 7.68. The Kier molecular flexibility index (Phi) is 5.31. The normalized spacial score (nSPS) is 18.6. The number of thioether (sulfide) groups is 1. The first kappa shape index (κ1) is 15.2. The summed E-state index contributed by atoms with van der Waals surface area (Å²) in [5.74, 6) is 0.0873. The number of nitrogens with zero attached hydrogens (tertiary/aromatic N) is 1. The number of amides is 1. The second-order valence-corrected chi connectivity index (χ2v) is 6.24. The van der Waals surface area contributed by atoms with Gasteiger partial charge < -0.3 is 10.0 Å². The molecule has 0 spiro atoms. The van der Waals surface area contributed by atoms with Gasteiger partial charge in [0.1, 0.15) is 0 Å². The maximum atomic E-state index is 11.6. The van der Waals surface area contributed by atoms with Crippen LogP contribution in [0, 0.1) is 5.92 Å². The number of carboxylic acid groups (broad SMARTS) is 1. The zero-order valence-electron chi connectivity index (χ0n) is 10.9. The number of halogens is 1. The molecule has 0 radical (unpaired) electrons. The number of rotatable bonds is 6. The van der Waals surface area contributed by atoms with E-state index in [2.05, 4.69) is 0 Å². The van der Waals surface area contributed by atoms with Gasteiger partial charge in [-0.05, 0) is 11.6 Å². The van der Waals surface area contributed by atoms with Gasteiger partial charge in [0.25, 0.3) is 0 Å². The lowest BCUT2D eigenvalue weighted by Crippen LogP contribution is -2.28. The molecule has 1 aliphatic heterocycles. The van der Waals surface area contributed by atoms with Crippen LogP contribution in [0.2, 0.25) is 5.02 Å². The van der Waals surface area contributed by atoms with Crippen molar-refractivity contribution in [3.63, 3.8) is 0 Å². The van der Waals surface area contributed by atoms with Crippen LogP contribution >= 0.6 is 23.4 Å². The molecule has 1 aliphatic rings. The van der Waals surface area contributed by atoms with Crippen molar-refractivity contribution < 1.29 is 14.7 Å². The molecule has 4 nitrogen and oxygen atoms in total. The number of likely N-dealkylation sites (tertiary alicyclic amines) is 1. The van der Waals surface area contributed by atoms with Gasteiger partial charge in [-0.3, -0.25) is 9.59 Å². The Hall–Kier alpha value is -1.20. The highest BCUT2D eigenvalue weighted by molar-refractivity contribution is 7.98. The molecule has 0 aliphatic carbocycles. The van der Waals surface area contributed by atoms with Crippen LogP contribution in [-0.4, -0.2) is 40.7 Å². The molecule has 1 heterocycles. The van der Waals surface area contributed by atoms with Crippen molar-refractivity contribution in [3.05, 3.63) is 34.9 Å². The molecule has 1 aromatic rings. The number of hydrogen-bond donors (Lipinski definition) is 1. The lowest BCUT2D eigenvalue weighted by Gasteiger charge is -2.15. The van der Waals surface area contributed by atoms with Crippen molar-refractivity contribution in [2.45, 2.75) is 12.2 Å². The molecule has 1 saturated heterocycles. The minimum atomic E-state index is -0.885. The van der Waals surface area contributed by atoms with Gasteiger partial charge in [-0.2, -0.15) is 11.8 Å². The minimum Gasteiger partial charge on any atom is -0.481 e. The highest BCUT2D eigenvalue weighted by Gasteiger charge is 2.33. The molecule has 108 valence electrons. The Morgan fingerprint density at radius 2 is 2.20 bits per heavy atom. The van der Waals surface area contributed by atoms with Crippen molar-refractivity contribution in [1.29, 1.82) is 0 Å². The van der Waals surface area contributed by atoms with E-state index in [0.717, 1.165) is 22.1 Å². The molecule has 0 aromatic heterocycles. The van der Waals surface area contributed by atoms with Crippen LogP contribution in [0.3, 0.4) is 0 Å². The van der Waals surface area contributed by atoms with E-state index in [0.29, 0.717) is 13.1 Å². The number of benzene rings is 1. The molecule has 0 unspecified atom stereocenters. The average Bonchev–Trinajstić information content (AvgIpc) is 2.78. The molecule has 1 fully saturated rings. The second kappa shape index (κ2) is 6.99. The molecule has 2 rings (SSSR count). The Morgan fingerprint density at radius 1 is 1.45 bits per heavy atom. The van der Waals surface area contributed by atoms with Crippen LogP contribution in [0.4, 0.5) is 0 Å². The van der Waals surface area contributed by atoms with Gasteiger partial charge >= 0.3 is 5.97 Å². The largest absolute Gasteiger partial charge is 0.481 e. The van der Waals surface area contributed by atoms with E-state index in [9.17, 15) is 9.59 Å². The Balaban J connectivity index is 1.73.